The van der Waals surface area contributed by atoms with Crippen LogP contribution in [0.25, 0.3) is 0 Å². The van der Waals surface area contributed by atoms with Gasteiger partial charge in [-0.25, -0.2) is 8.42 Å². The molecule has 1 aromatic rings. The molecule has 10 heteroatoms. The predicted octanol–water partition coefficient (Wildman–Crippen LogP) is 1.13. The Morgan fingerprint density at radius 3 is 2.63 bits per heavy atom. The standard InChI is InChI=1S/C17H25ClN4O4S/c1-4-22(5-2)27(25,26)13-6-7-14(18)15(10-13)20-17(24)12(3)21-9-8-19-16(23)11-21/h6-7,10,12H,4-5,8-9,11H2,1-3H3,(H,19,23)(H,20,24)/t12-/m0/s1. The average molecular weight is 417 g/mol. The number of benzene rings is 1. The van der Waals surface area contributed by atoms with Crippen LogP contribution >= 0.6 is 11.6 Å². The Morgan fingerprint density at radius 2 is 2.04 bits per heavy atom. The first kappa shape index (κ1) is 21.6. The van der Waals surface area contributed by atoms with Crippen molar-refractivity contribution in [1.82, 2.24) is 14.5 Å². The SMILES string of the molecule is CCN(CC)S(=O)(=O)c1ccc(Cl)c(NC(=O)[C@H](C)N2CCNC(=O)C2)c1. The molecule has 0 bridgehead atoms. The van der Waals surface area contributed by atoms with Crippen LogP contribution in [-0.4, -0.2) is 68.2 Å². The Hall–Kier alpha value is -1.68. The number of halogens is 1. The molecule has 1 fully saturated rings. The molecule has 150 valence electrons. The Kier molecular flexibility index (Phi) is 7.21. The van der Waals surface area contributed by atoms with Crippen LogP contribution in [0.2, 0.25) is 5.02 Å². The zero-order chi connectivity index (χ0) is 20.2. The van der Waals surface area contributed by atoms with Gasteiger partial charge >= 0.3 is 0 Å². The van der Waals surface area contributed by atoms with Crippen LogP contribution in [0.4, 0.5) is 5.69 Å². The smallest absolute Gasteiger partial charge is 0.243 e. The van der Waals surface area contributed by atoms with Gasteiger partial charge in [0.05, 0.1) is 28.2 Å². The zero-order valence-electron chi connectivity index (χ0n) is 15.7. The van der Waals surface area contributed by atoms with Gasteiger partial charge in [0, 0.05) is 26.2 Å². The van der Waals surface area contributed by atoms with Crippen LogP contribution in [0.5, 0.6) is 0 Å². The van der Waals surface area contributed by atoms with Gasteiger partial charge in [0.25, 0.3) is 0 Å². The largest absolute Gasteiger partial charge is 0.354 e. The molecule has 1 aliphatic rings. The fourth-order valence-corrected chi connectivity index (χ4v) is 4.51. The normalized spacial score (nSPS) is 16.9. The van der Waals surface area contributed by atoms with E-state index in [9.17, 15) is 18.0 Å². The lowest BCUT2D eigenvalue weighted by atomic mass is 10.2. The van der Waals surface area contributed by atoms with E-state index in [0.717, 1.165) is 0 Å². The topological polar surface area (TPSA) is 98.8 Å². The number of amides is 2. The third-order valence-corrected chi connectivity index (χ3v) is 6.91. The van der Waals surface area contributed by atoms with E-state index in [1.807, 2.05) is 0 Å². The number of nitrogens with zero attached hydrogens (tertiary/aromatic N) is 2. The van der Waals surface area contributed by atoms with Gasteiger partial charge in [-0.3, -0.25) is 14.5 Å². The fraction of sp³-hybridized carbons (Fsp3) is 0.529. The van der Waals surface area contributed by atoms with Gasteiger partial charge in [-0.2, -0.15) is 4.31 Å². The number of rotatable bonds is 7. The number of carbonyl (C=O) groups excluding carboxylic acids is 2. The molecule has 2 amide bonds. The summed E-state index contributed by atoms with van der Waals surface area (Å²) >= 11 is 6.15. The zero-order valence-corrected chi connectivity index (χ0v) is 17.2. The summed E-state index contributed by atoms with van der Waals surface area (Å²) in [6.45, 7) is 7.08. The Bertz CT molecular complexity index is 811. The van der Waals surface area contributed by atoms with Crippen LogP contribution in [0, 0.1) is 0 Å². The molecule has 1 aromatic carbocycles. The summed E-state index contributed by atoms with van der Waals surface area (Å²) < 4.78 is 26.7. The van der Waals surface area contributed by atoms with Gasteiger partial charge in [-0.1, -0.05) is 25.4 Å². The molecule has 0 saturated carbocycles. The minimum absolute atomic E-state index is 0.0657. The molecule has 0 aromatic heterocycles. The van der Waals surface area contributed by atoms with E-state index in [-0.39, 0.29) is 34.0 Å². The summed E-state index contributed by atoms with van der Waals surface area (Å²) in [5.41, 5.74) is 0.225. The average Bonchev–Trinajstić information content (AvgIpc) is 2.63. The molecule has 2 rings (SSSR count). The van der Waals surface area contributed by atoms with Crippen LogP contribution in [0.1, 0.15) is 20.8 Å². The molecule has 1 saturated heterocycles. The number of carbonyl (C=O) groups is 2. The van der Waals surface area contributed by atoms with Crippen molar-refractivity contribution < 1.29 is 18.0 Å². The number of nitrogens with one attached hydrogen (secondary N) is 2. The van der Waals surface area contributed by atoms with E-state index in [1.54, 1.807) is 25.7 Å². The first-order valence-corrected chi connectivity index (χ1v) is 10.6. The van der Waals surface area contributed by atoms with Gasteiger partial charge in [0.15, 0.2) is 0 Å². The Morgan fingerprint density at radius 1 is 1.37 bits per heavy atom. The van der Waals surface area contributed by atoms with E-state index in [4.69, 9.17) is 11.6 Å². The Balaban J connectivity index is 2.21. The van der Waals surface area contributed by atoms with E-state index in [1.165, 1.54) is 22.5 Å². The quantitative estimate of drug-likeness (QED) is 0.694. The van der Waals surface area contributed by atoms with Gasteiger partial charge in [-0.05, 0) is 25.1 Å². The third-order valence-electron chi connectivity index (χ3n) is 4.53. The first-order valence-electron chi connectivity index (χ1n) is 8.82. The lowest BCUT2D eigenvalue weighted by Gasteiger charge is -2.31. The highest BCUT2D eigenvalue weighted by Crippen LogP contribution is 2.27. The monoisotopic (exact) mass is 416 g/mol. The summed E-state index contributed by atoms with van der Waals surface area (Å²) in [6.07, 6.45) is 0. The van der Waals surface area contributed by atoms with Gasteiger partial charge < -0.3 is 10.6 Å². The minimum Gasteiger partial charge on any atom is -0.354 e. The van der Waals surface area contributed by atoms with Crippen LogP contribution in [0.3, 0.4) is 0 Å². The fourth-order valence-electron chi connectivity index (χ4n) is 2.87. The maximum absolute atomic E-state index is 12.7. The molecule has 0 spiro atoms. The molecule has 1 atom stereocenters. The molecule has 1 aliphatic heterocycles. The van der Waals surface area contributed by atoms with Gasteiger partial charge in [0.1, 0.15) is 0 Å². The van der Waals surface area contributed by atoms with Crippen LogP contribution in [0.15, 0.2) is 23.1 Å². The number of sulfonamides is 1. The summed E-state index contributed by atoms with van der Waals surface area (Å²) in [6, 6.07) is 3.68. The van der Waals surface area contributed by atoms with Crippen molar-refractivity contribution in [2.45, 2.75) is 31.7 Å². The second kappa shape index (κ2) is 9.01. The van der Waals surface area contributed by atoms with Crippen molar-refractivity contribution in [2.75, 3.05) is 38.0 Å². The molecular formula is C17H25ClN4O4S. The van der Waals surface area contributed by atoms with Crippen LogP contribution in [-0.2, 0) is 19.6 Å². The lowest BCUT2D eigenvalue weighted by molar-refractivity contribution is -0.127. The van der Waals surface area contributed by atoms with E-state index in [2.05, 4.69) is 10.6 Å². The maximum Gasteiger partial charge on any atom is 0.243 e. The number of anilines is 1. The molecule has 0 unspecified atom stereocenters. The first-order chi connectivity index (χ1) is 12.7. The van der Waals surface area contributed by atoms with Crippen molar-refractivity contribution in [3.05, 3.63) is 23.2 Å². The van der Waals surface area contributed by atoms with Crippen molar-refractivity contribution in [1.29, 1.82) is 0 Å². The molecular weight excluding hydrogens is 392 g/mol. The third kappa shape index (κ3) is 4.98. The summed E-state index contributed by atoms with van der Waals surface area (Å²) in [5, 5.41) is 5.63. The van der Waals surface area contributed by atoms with E-state index < -0.39 is 16.1 Å². The van der Waals surface area contributed by atoms with Crippen molar-refractivity contribution in [3.8, 4) is 0 Å². The van der Waals surface area contributed by atoms with Crippen LogP contribution < -0.4 is 10.6 Å². The van der Waals surface area contributed by atoms with Gasteiger partial charge in [0.2, 0.25) is 21.8 Å². The molecule has 1 heterocycles. The number of hydrogen-bond donors (Lipinski definition) is 2. The predicted molar refractivity (Wildman–Crippen MR) is 104 cm³/mol. The van der Waals surface area contributed by atoms with E-state index in [0.29, 0.717) is 26.2 Å². The van der Waals surface area contributed by atoms with E-state index >= 15 is 0 Å². The highest BCUT2D eigenvalue weighted by molar-refractivity contribution is 7.89. The second-order valence-corrected chi connectivity index (χ2v) is 8.56. The number of piperazine rings is 1. The maximum atomic E-state index is 12.7. The second-order valence-electron chi connectivity index (χ2n) is 6.22. The summed E-state index contributed by atoms with van der Waals surface area (Å²) in [5.74, 6) is -0.491. The molecule has 27 heavy (non-hydrogen) atoms. The molecule has 2 N–H and O–H groups in total. The molecule has 8 nitrogen and oxygen atoms in total. The van der Waals surface area contributed by atoms with Gasteiger partial charge in [-0.15, -0.1) is 0 Å². The minimum atomic E-state index is -3.66. The van der Waals surface area contributed by atoms with Crippen molar-refractivity contribution >= 4 is 39.1 Å². The Labute approximate surface area is 164 Å². The van der Waals surface area contributed by atoms with Crippen molar-refractivity contribution in [2.24, 2.45) is 0 Å². The highest BCUT2D eigenvalue weighted by Gasteiger charge is 2.27. The highest BCUT2D eigenvalue weighted by atomic mass is 35.5. The lowest BCUT2D eigenvalue weighted by Crippen LogP contribution is -2.53. The number of hydrogen-bond acceptors (Lipinski definition) is 5. The molecule has 0 radical (unpaired) electrons. The van der Waals surface area contributed by atoms with Crippen molar-refractivity contribution in [3.63, 3.8) is 0 Å². The summed E-state index contributed by atoms with van der Waals surface area (Å²) in [7, 11) is -3.66. The summed E-state index contributed by atoms with van der Waals surface area (Å²) in [4.78, 5) is 25.9. The molecule has 0 aliphatic carbocycles.